The highest BCUT2D eigenvalue weighted by atomic mass is 32.2. The lowest BCUT2D eigenvalue weighted by molar-refractivity contribution is -0.0000432. The number of aromatic amines is 1. The summed E-state index contributed by atoms with van der Waals surface area (Å²) in [5.41, 5.74) is 4.99. The second-order valence-corrected chi connectivity index (χ2v) is 8.30. The third-order valence-electron chi connectivity index (χ3n) is 4.48. The van der Waals surface area contributed by atoms with Gasteiger partial charge in [-0.15, -0.1) is 0 Å². The number of fused-ring (bicyclic) bond motifs is 1. The van der Waals surface area contributed by atoms with Gasteiger partial charge in [-0.2, -0.15) is 5.10 Å². The maximum Gasteiger partial charge on any atom is 0.276 e. The number of pyridine rings is 1. The maximum absolute atomic E-state index is 14.6. The Balaban J connectivity index is 1.58. The lowest BCUT2D eigenvalue weighted by Gasteiger charge is -2.12. The van der Waals surface area contributed by atoms with Crippen LogP contribution < -0.4 is 5.48 Å². The molecule has 0 fully saturated rings. The SMILES string of the molecule is CC(C)ONC(=O)c1cccc(F)c1Sc1ccc2c(C=Cc3ccccn3)n[nH]c2c1. The molecule has 0 saturated heterocycles. The molecule has 0 radical (unpaired) electrons. The molecule has 0 aliphatic rings. The van der Waals surface area contributed by atoms with Gasteiger partial charge in [0.05, 0.1) is 33.5 Å². The molecule has 0 spiro atoms. The van der Waals surface area contributed by atoms with Crippen molar-refractivity contribution in [1.82, 2.24) is 20.7 Å². The summed E-state index contributed by atoms with van der Waals surface area (Å²) in [5, 5.41) is 8.30. The van der Waals surface area contributed by atoms with Crippen LogP contribution in [0.15, 0.2) is 70.6 Å². The van der Waals surface area contributed by atoms with Gasteiger partial charge in [-0.1, -0.05) is 23.9 Å². The Morgan fingerprint density at radius 3 is 2.81 bits per heavy atom. The van der Waals surface area contributed by atoms with Crippen LogP contribution in [-0.4, -0.2) is 27.2 Å². The van der Waals surface area contributed by atoms with Gasteiger partial charge in [0.15, 0.2) is 0 Å². The molecule has 2 aromatic carbocycles. The molecular formula is C24H21FN4O2S. The Hall–Kier alpha value is -3.49. The van der Waals surface area contributed by atoms with Gasteiger partial charge in [-0.05, 0) is 68.5 Å². The van der Waals surface area contributed by atoms with Gasteiger partial charge in [0, 0.05) is 16.5 Å². The summed E-state index contributed by atoms with van der Waals surface area (Å²) >= 11 is 1.17. The van der Waals surface area contributed by atoms with Crippen LogP contribution in [-0.2, 0) is 4.84 Å². The first-order valence-corrected chi connectivity index (χ1v) is 10.8. The summed E-state index contributed by atoms with van der Waals surface area (Å²) in [6.45, 7) is 3.59. The number of amides is 1. The Labute approximate surface area is 188 Å². The zero-order chi connectivity index (χ0) is 22.5. The van der Waals surface area contributed by atoms with Crippen molar-refractivity contribution in [2.24, 2.45) is 0 Å². The van der Waals surface area contributed by atoms with E-state index in [1.54, 1.807) is 26.1 Å². The van der Waals surface area contributed by atoms with E-state index in [1.807, 2.05) is 48.6 Å². The van der Waals surface area contributed by atoms with Gasteiger partial charge >= 0.3 is 0 Å². The number of H-pyrrole nitrogens is 1. The highest BCUT2D eigenvalue weighted by Crippen LogP contribution is 2.34. The molecule has 2 N–H and O–H groups in total. The van der Waals surface area contributed by atoms with Crippen LogP contribution in [0.25, 0.3) is 23.1 Å². The number of aromatic nitrogens is 3. The van der Waals surface area contributed by atoms with Gasteiger partial charge < -0.3 is 0 Å². The van der Waals surface area contributed by atoms with E-state index < -0.39 is 11.7 Å². The summed E-state index contributed by atoms with van der Waals surface area (Å²) in [7, 11) is 0. The average Bonchev–Trinajstić information content (AvgIpc) is 3.20. The van der Waals surface area contributed by atoms with Crippen molar-refractivity contribution in [3.05, 3.63) is 83.6 Å². The molecule has 2 aromatic heterocycles. The Bertz CT molecular complexity index is 1270. The number of halogens is 1. The zero-order valence-electron chi connectivity index (χ0n) is 17.5. The lowest BCUT2D eigenvalue weighted by atomic mass is 10.2. The molecule has 8 heteroatoms. The zero-order valence-corrected chi connectivity index (χ0v) is 18.3. The minimum atomic E-state index is -0.495. The average molecular weight is 449 g/mol. The lowest BCUT2D eigenvalue weighted by Crippen LogP contribution is -2.27. The smallest absolute Gasteiger partial charge is 0.276 e. The molecule has 0 atom stereocenters. The van der Waals surface area contributed by atoms with Crippen LogP contribution in [0.4, 0.5) is 4.39 Å². The van der Waals surface area contributed by atoms with Gasteiger partial charge in [0.1, 0.15) is 5.82 Å². The van der Waals surface area contributed by atoms with Crippen molar-refractivity contribution in [2.45, 2.75) is 29.7 Å². The number of rotatable bonds is 7. The van der Waals surface area contributed by atoms with Crippen molar-refractivity contribution in [1.29, 1.82) is 0 Å². The molecule has 0 bridgehead atoms. The quantitative estimate of drug-likeness (QED) is 0.366. The van der Waals surface area contributed by atoms with Crippen molar-refractivity contribution in [2.75, 3.05) is 0 Å². The molecule has 32 heavy (non-hydrogen) atoms. The van der Waals surface area contributed by atoms with Crippen LogP contribution >= 0.6 is 11.8 Å². The molecular weight excluding hydrogens is 427 g/mol. The van der Waals surface area contributed by atoms with Gasteiger partial charge in [0.25, 0.3) is 5.91 Å². The van der Waals surface area contributed by atoms with Crippen LogP contribution in [0.2, 0.25) is 0 Å². The standard InChI is InChI=1S/C24H21FN4O2S/c1-15(2)31-29-24(30)19-7-5-8-20(25)23(19)32-17-10-11-18-21(27-28-22(18)14-17)12-9-16-6-3-4-13-26-16/h3-15H,1-2H3,(H,27,28)(H,29,30). The highest BCUT2D eigenvalue weighted by molar-refractivity contribution is 7.99. The largest absolute Gasteiger partial charge is 0.277 e. The number of carbonyl (C=O) groups excluding carboxylic acids is 1. The predicted octanol–water partition coefficient (Wildman–Crippen LogP) is 5.49. The molecule has 0 aliphatic carbocycles. The normalized spacial score (nSPS) is 11.5. The topological polar surface area (TPSA) is 79.9 Å². The second-order valence-electron chi connectivity index (χ2n) is 7.22. The number of benzene rings is 2. The molecule has 0 aliphatic heterocycles. The van der Waals surface area contributed by atoms with E-state index >= 15 is 0 Å². The summed E-state index contributed by atoms with van der Waals surface area (Å²) in [5.74, 6) is -0.971. The van der Waals surface area contributed by atoms with E-state index in [0.717, 1.165) is 27.2 Å². The fourth-order valence-electron chi connectivity index (χ4n) is 2.98. The number of hydrogen-bond acceptors (Lipinski definition) is 5. The predicted molar refractivity (Wildman–Crippen MR) is 123 cm³/mol. The molecule has 162 valence electrons. The van der Waals surface area contributed by atoms with Crippen molar-refractivity contribution < 1.29 is 14.0 Å². The minimum absolute atomic E-state index is 0.188. The summed E-state index contributed by atoms with van der Waals surface area (Å²) in [4.78, 5) is 22.9. The van der Waals surface area contributed by atoms with Crippen molar-refractivity contribution in [3.63, 3.8) is 0 Å². The fourth-order valence-corrected chi connectivity index (χ4v) is 3.97. The minimum Gasteiger partial charge on any atom is -0.277 e. The van der Waals surface area contributed by atoms with Crippen LogP contribution in [0.1, 0.15) is 35.6 Å². The second kappa shape index (κ2) is 9.76. The van der Waals surface area contributed by atoms with E-state index in [0.29, 0.717) is 0 Å². The Kier molecular flexibility index (Phi) is 6.63. The van der Waals surface area contributed by atoms with Crippen LogP contribution in [0, 0.1) is 5.82 Å². The summed E-state index contributed by atoms with van der Waals surface area (Å²) in [6, 6.07) is 15.8. The Morgan fingerprint density at radius 2 is 2.03 bits per heavy atom. The summed E-state index contributed by atoms with van der Waals surface area (Å²) in [6.07, 6.45) is 5.33. The third-order valence-corrected chi connectivity index (χ3v) is 5.59. The molecule has 6 nitrogen and oxygen atoms in total. The molecule has 1 amide bonds. The van der Waals surface area contributed by atoms with Gasteiger partial charge in [0.2, 0.25) is 0 Å². The first-order chi connectivity index (χ1) is 15.5. The number of hydroxylamine groups is 1. The van der Waals surface area contributed by atoms with E-state index in [9.17, 15) is 9.18 Å². The van der Waals surface area contributed by atoms with E-state index in [-0.39, 0.29) is 16.6 Å². The van der Waals surface area contributed by atoms with Gasteiger partial charge in [-0.25, -0.2) is 9.87 Å². The van der Waals surface area contributed by atoms with Gasteiger partial charge in [-0.3, -0.25) is 19.7 Å². The molecule has 4 rings (SSSR count). The van der Waals surface area contributed by atoms with Crippen LogP contribution in [0.5, 0.6) is 0 Å². The first kappa shape index (κ1) is 21.7. The number of carbonyl (C=O) groups is 1. The van der Waals surface area contributed by atoms with Crippen molar-refractivity contribution >= 4 is 40.7 Å². The number of nitrogens with one attached hydrogen (secondary N) is 2. The highest BCUT2D eigenvalue weighted by Gasteiger charge is 2.17. The maximum atomic E-state index is 14.6. The molecule has 0 saturated carbocycles. The monoisotopic (exact) mass is 448 g/mol. The molecule has 2 heterocycles. The van der Waals surface area contributed by atoms with E-state index in [1.165, 1.54) is 23.9 Å². The molecule has 0 unspecified atom stereocenters. The first-order valence-electron chi connectivity index (χ1n) is 10.0. The van der Waals surface area contributed by atoms with E-state index in [2.05, 4.69) is 20.7 Å². The molecule has 4 aromatic rings. The van der Waals surface area contributed by atoms with Crippen molar-refractivity contribution in [3.8, 4) is 0 Å². The fraction of sp³-hybridized carbons (Fsp3) is 0.125. The Morgan fingerprint density at radius 1 is 1.16 bits per heavy atom. The number of hydrogen-bond donors (Lipinski definition) is 2. The van der Waals surface area contributed by atoms with Crippen LogP contribution in [0.3, 0.4) is 0 Å². The third kappa shape index (κ3) is 5.04. The van der Waals surface area contributed by atoms with E-state index in [4.69, 9.17) is 4.84 Å². The summed E-state index contributed by atoms with van der Waals surface area (Å²) < 4.78 is 14.6. The number of nitrogens with zero attached hydrogens (tertiary/aromatic N) is 2.